The fraction of sp³-hybridized carbons (Fsp3) is 0.636. The average Bonchev–Trinajstić information content (AvgIpc) is 3.34. The van der Waals surface area contributed by atoms with Crippen molar-refractivity contribution < 1.29 is 18.7 Å². The topological polar surface area (TPSA) is 67.4 Å². The van der Waals surface area contributed by atoms with Gasteiger partial charge in [0, 0.05) is 24.6 Å². The van der Waals surface area contributed by atoms with Crippen LogP contribution in [-0.2, 0) is 14.3 Å². The molecule has 1 aromatic carbocycles. The van der Waals surface area contributed by atoms with Gasteiger partial charge in [-0.2, -0.15) is 0 Å². The van der Waals surface area contributed by atoms with Crippen molar-refractivity contribution in [2.24, 2.45) is 11.3 Å². The number of amides is 2. The maximum absolute atomic E-state index is 14.9. The zero-order chi connectivity index (χ0) is 21.9. The molecule has 0 heterocycles. The molecule has 0 radical (unpaired) electrons. The van der Waals surface area contributed by atoms with E-state index in [1.165, 1.54) is 19.2 Å². The quantitative estimate of drug-likeness (QED) is 0.576. The first-order valence-corrected chi connectivity index (χ1v) is 11.2. The largest absolute Gasteiger partial charge is 0.375 e. The molecular weight excluding hydrogens is 430 g/mol. The highest BCUT2D eigenvalue weighted by molar-refractivity contribution is 6.42. The lowest BCUT2D eigenvalue weighted by Gasteiger charge is -2.36. The van der Waals surface area contributed by atoms with Gasteiger partial charge in [0.25, 0.3) is 0 Å². The van der Waals surface area contributed by atoms with Gasteiger partial charge in [-0.15, -0.1) is 0 Å². The Balaban J connectivity index is 1.77. The summed E-state index contributed by atoms with van der Waals surface area (Å²) < 4.78 is 19.7. The van der Waals surface area contributed by atoms with Gasteiger partial charge < -0.3 is 15.4 Å². The molecule has 0 saturated heterocycles. The first-order valence-electron chi connectivity index (χ1n) is 10.5. The van der Waals surface area contributed by atoms with Gasteiger partial charge in [-0.3, -0.25) is 9.59 Å². The molecule has 2 aliphatic rings. The highest BCUT2D eigenvalue weighted by atomic mass is 35.5. The standard InChI is InChI=1S/C22H29Cl2FN2O3/c1-22(9-3-4-10-22)20(18-16(25)8-7-15(23)19(18)24)27-21(29)13-5-6-14(11-13)26-17(28)12-30-2/h7-8,13-14,20H,3-6,9-12H2,1-2H3,(H,26,28)(H,27,29)/t13-,14-,20-/m1/s1. The minimum Gasteiger partial charge on any atom is -0.375 e. The molecular formula is C22H29Cl2FN2O3. The Bertz CT molecular complexity index is 799. The van der Waals surface area contributed by atoms with E-state index in [4.69, 9.17) is 27.9 Å². The first kappa shape index (κ1) is 23.3. The van der Waals surface area contributed by atoms with Gasteiger partial charge in [0.05, 0.1) is 16.1 Å². The lowest BCUT2D eigenvalue weighted by Crippen LogP contribution is -2.42. The van der Waals surface area contributed by atoms with Crippen molar-refractivity contribution >= 4 is 35.0 Å². The monoisotopic (exact) mass is 458 g/mol. The van der Waals surface area contributed by atoms with Crippen molar-refractivity contribution in [3.05, 3.63) is 33.6 Å². The van der Waals surface area contributed by atoms with Crippen molar-refractivity contribution in [1.82, 2.24) is 10.6 Å². The molecule has 2 N–H and O–H groups in total. The fourth-order valence-corrected chi connectivity index (χ4v) is 5.31. The van der Waals surface area contributed by atoms with E-state index in [0.717, 1.165) is 32.1 Å². The van der Waals surface area contributed by atoms with Crippen molar-refractivity contribution in [2.75, 3.05) is 13.7 Å². The van der Waals surface area contributed by atoms with Crippen LogP contribution >= 0.6 is 23.2 Å². The lowest BCUT2D eigenvalue weighted by atomic mass is 9.76. The third kappa shape index (κ3) is 5.09. The Kier molecular flexibility index (Phi) is 7.64. The third-order valence-corrected chi connectivity index (χ3v) is 7.36. The van der Waals surface area contributed by atoms with Crippen molar-refractivity contribution in [3.63, 3.8) is 0 Å². The molecule has 3 rings (SSSR count). The molecule has 2 fully saturated rings. The van der Waals surface area contributed by atoms with E-state index in [9.17, 15) is 14.0 Å². The molecule has 0 aromatic heterocycles. The maximum atomic E-state index is 14.9. The first-order chi connectivity index (χ1) is 14.2. The number of ether oxygens (including phenoxy) is 1. The molecule has 8 heteroatoms. The summed E-state index contributed by atoms with van der Waals surface area (Å²) in [6, 6.07) is 2.12. The molecule has 1 aromatic rings. The number of carbonyl (C=O) groups excluding carboxylic acids is 2. The van der Waals surface area contributed by atoms with Gasteiger partial charge in [0.15, 0.2) is 0 Å². The van der Waals surface area contributed by atoms with E-state index in [1.54, 1.807) is 0 Å². The van der Waals surface area contributed by atoms with Crippen LogP contribution in [0.3, 0.4) is 0 Å². The molecule has 2 saturated carbocycles. The number of benzene rings is 1. The molecule has 30 heavy (non-hydrogen) atoms. The van der Waals surface area contributed by atoms with Crippen LogP contribution in [0.25, 0.3) is 0 Å². The summed E-state index contributed by atoms with van der Waals surface area (Å²) in [6.07, 6.45) is 5.75. The van der Waals surface area contributed by atoms with Crippen molar-refractivity contribution in [1.29, 1.82) is 0 Å². The smallest absolute Gasteiger partial charge is 0.246 e. The Hall–Kier alpha value is -1.37. The predicted octanol–water partition coefficient (Wildman–Crippen LogP) is 4.80. The number of rotatable bonds is 7. The van der Waals surface area contributed by atoms with Crippen LogP contribution in [0.15, 0.2) is 12.1 Å². The summed E-state index contributed by atoms with van der Waals surface area (Å²) >= 11 is 12.6. The van der Waals surface area contributed by atoms with E-state index < -0.39 is 11.9 Å². The minimum atomic E-state index is -0.555. The van der Waals surface area contributed by atoms with E-state index in [-0.39, 0.29) is 51.4 Å². The highest BCUT2D eigenvalue weighted by Crippen LogP contribution is 2.50. The summed E-state index contributed by atoms with van der Waals surface area (Å²) in [5.74, 6) is -1.02. The summed E-state index contributed by atoms with van der Waals surface area (Å²) in [7, 11) is 1.47. The van der Waals surface area contributed by atoms with Crippen LogP contribution in [0.4, 0.5) is 4.39 Å². The number of hydrogen-bond donors (Lipinski definition) is 2. The summed E-state index contributed by atoms with van der Waals surface area (Å²) in [5.41, 5.74) is -0.0277. The molecule has 0 spiro atoms. The fourth-order valence-electron chi connectivity index (χ4n) is 4.88. The average molecular weight is 459 g/mol. The van der Waals surface area contributed by atoms with E-state index in [0.29, 0.717) is 12.8 Å². The summed E-state index contributed by atoms with van der Waals surface area (Å²) in [4.78, 5) is 24.9. The van der Waals surface area contributed by atoms with Gasteiger partial charge in [-0.05, 0) is 49.7 Å². The minimum absolute atomic E-state index is 0.000332. The van der Waals surface area contributed by atoms with Crippen molar-refractivity contribution in [2.45, 2.75) is 64.0 Å². The molecule has 166 valence electrons. The number of methoxy groups -OCH3 is 1. The Labute approximate surface area is 187 Å². The SMILES string of the molecule is COCC(=O)N[C@@H]1CC[C@@H](C(=O)N[C@H](c2c(F)ccc(Cl)c2Cl)C2(C)CCCC2)C1. The second-order valence-corrected chi connectivity index (χ2v) is 9.55. The Morgan fingerprint density at radius 2 is 1.97 bits per heavy atom. The molecule has 0 bridgehead atoms. The van der Waals surface area contributed by atoms with Gasteiger partial charge in [-0.25, -0.2) is 4.39 Å². The number of carbonyl (C=O) groups is 2. The lowest BCUT2D eigenvalue weighted by molar-refractivity contribution is -0.127. The van der Waals surface area contributed by atoms with E-state index >= 15 is 0 Å². The van der Waals surface area contributed by atoms with Crippen molar-refractivity contribution in [3.8, 4) is 0 Å². The Morgan fingerprint density at radius 3 is 2.63 bits per heavy atom. The number of hydrogen-bond acceptors (Lipinski definition) is 3. The predicted molar refractivity (Wildman–Crippen MR) is 115 cm³/mol. The maximum Gasteiger partial charge on any atom is 0.246 e. The van der Waals surface area contributed by atoms with Crippen LogP contribution in [-0.4, -0.2) is 31.6 Å². The Morgan fingerprint density at radius 1 is 1.27 bits per heavy atom. The van der Waals surface area contributed by atoms with E-state index in [1.807, 2.05) is 0 Å². The van der Waals surface area contributed by atoms with Crippen LogP contribution in [0.2, 0.25) is 10.0 Å². The van der Waals surface area contributed by atoms with Gasteiger partial charge in [0.2, 0.25) is 11.8 Å². The molecule has 5 nitrogen and oxygen atoms in total. The second-order valence-electron chi connectivity index (χ2n) is 8.77. The molecule has 2 amide bonds. The van der Waals surface area contributed by atoms with Crippen LogP contribution in [0.5, 0.6) is 0 Å². The van der Waals surface area contributed by atoms with Crippen LogP contribution < -0.4 is 10.6 Å². The summed E-state index contributed by atoms with van der Waals surface area (Å²) in [5, 5.41) is 6.43. The highest BCUT2D eigenvalue weighted by Gasteiger charge is 2.42. The number of halogens is 3. The van der Waals surface area contributed by atoms with E-state index in [2.05, 4.69) is 17.6 Å². The molecule has 0 unspecified atom stereocenters. The molecule has 3 atom stereocenters. The van der Waals surface area contributed by atoms with Gasteiger partial charge in [0.1, 0.15) is 12.4 Å². The van der Waals surface area contributed by atoms with Crippen LogP contribution in [0.1, 0.15) is 63.5 Å². The van der Waals surface area contributed by atoms with Gasteiger partial charge in [-0.1, -0.05) is 43.0 Å². The normalized spacial score (nSPS) is 23.9. The summed E-state index contributed by atoms with van der Waals surface area (Å²) in [6.45, 7) is 2.07. The third-order valence-electron chi connectivity index (χ3n) is 6.54. The molecule has 2 aliphatic carbocycles. The van der Waals surface area contributed by atoms with Crippen LogP contribution in [0, 0.1) is 17.2 Å². The molecule has 0 aliphatic heterocycles. The zero-order valence-corrected chi connectivity index (χ0v) is 18.9. The number of nitrogens with one attached hydrogen (secondary N) is 2. The van der Waals surface area contributed by atoms with Gasteiger partial charge >= 0.3 is 0 Å². The zero-order valence-electron chi connectivity index (χ0n) is 17.4. The second kappa shape index (κ2) is 9.84.